The number of carbonyl (C=O) groups excluding carboxylic acids is 1. The molecule has 0 N–H and O–H groups in total. The first-order valence-electron chi connectivity index (χ1n) is 9.11. The fourth-order valence-corrected chi connectivity index (χ4v) is 3.57. The van der Waals surface area contributed by atoms with Crippen LogP contribution in [0.4, 0.5) is 0 Å². The van der Waals surface area contributed by atoms with Crippen LogP contribution in [0.2, 0.25) is 5.02 Å². The van der Waals surface area contributed by atoms with E-state index in [2.05, 4.69) is 9.97 Å². The lowest BCUT2D eigenvalue weighted by atomic mass is 10.0. The fourth-order valence-electron chi connectivity index (χ4n) is 3.45. The maximum absolute atomic E-state index is 12.9. The molecular weight excluding hydrogens is 362 g/mol. The summed E-state index contributed by atoms with van der Waals surface area (Å²) in [4.78, 5) is 23.3. The van der Waals surface area contributed by atoms with Crippen molar-refractivity contribution < 1.29 is 9.21 Å². The summed E-state index contributed by atoms with van der Waals surface area (Å²) < 4.78 is 6.02. The molecule has 5 nitrogen and oxygen atoms in total. The van der Waals surface area contributed by atoms with Gasteiger partial charge < -0.3 is 9.32 Å². The molecule has 0 aliphatic carbocycles. The van der Waals surface area contributed by atoms with Crippen molar-refractivity contribution >= 4 is 17.5 Å². The summed E-state index contributed by atoms with van der Waals surface area (Å²) in [6.45, 7) is 0.702. The molecule has 138 valence electrons. The number of hydrogen-bond acceptors (Lipinski definition) is 4. The van der Waals surface area contributed by atoms with E-state index in [4.69, 9.17) is 16.0 Å². The predicted molar refractivity (Wildman–Crippen MR) is 103 cm³/mol. The minimum atomic E-state index is -0.134. The largest absolute Gasteiger partial charge is 0.443 e. The van der Waals surface area contributed by atoms with E-state index in [0.29, 0.717) is 29.4 Å². The number of likely N-dealkylation sites (tertiary alicyclic amines) is 1. The third-order valence-corrected chi connectivity index (χ3v) is 5.07. The average Bonchev–Trinajstić information content (AvgIpc) is 3.18. The Morgan fingerprint density at radius 3 is 2.81 bits per heavy atom. The summed E-state index contributed by atoms with van der Waals surface area (Å²) in [6, 6.07) is 11.1. The second kappa shape index (κ2) is 7.92. The van der Waals surface area contributed by atoms with Crippen LogP contribution in [-0.4, -0.2) is 27.3 Å². The molecule has 0 saturated carbocycles. The number of piperidine rings is 1. The first-order chi connectivity index (χ1) is 13.2. The molecule has 1 amide bonds. The highest BCUT2D eigenvalue weighted by Crippen LogP contribution is 2.32. The summed E-state index contributed by atoms with van der Waals surface area (Å²) in [5.41, 5.74) is 1.70. The number of rotatable bonds is 4. The van der Waals surface area contributed by atoms with E-state index in [1.54, 1.807) is 30.7 Å². The zero-order valence-electron chi connectivity index (χ0n) is 14.8. The predicted octanol–water partition coefficient (Wildman–Crippen LogP) is 4.68. The van der Waals surface area contributed by atoms with Crippen molar-refractivity contribution in [2.45, 2.75) is 31.7 Å². The van der Waals surface area contributed by atoms with Crippen LogP contribution in [0.5, 0.6) is 0 Å². The van der Waals surface area contributed by atoms with Crippen molar-refractivity contribution in [2.24, 2.45) is 0 Å². The molecule has 27 heavy (non-hydrogen) atoms. The number of aromatic nitrogens is 2. The third kappa shape index (κ3) is 4.03. The van der Waals surface area contributed by atoms with Gasteiger partial charge in [0.05, 0.1) is 11.8 Å². The number of carbonyl (C=O) groups is 1. The molecule has 6 heteroatoms. The zero-order valence-corrected chi connectivity index (χ0v) is 15.6. The van der Waals surface area contributed by atoms with Crippen molar-refractivity contribution in [3.05, 3.63) is 82.8 Å². The van der Waals surface area contributed by atoms with Crippen LogP contribution >= 0.6 is 11.6 Å². The molecule has 0 radical (unpaired) electrons. The smallest absolute Gasteiger partial charge is 0.256 e. The summed E-state index contributed by atoms with van der Waals surface area (Å²) in [5, 5.41) is 0.712. The van der Waals surface area contributed by atoms with Gasteiger partial charge in [-0.25, -0.2) is 4.98 Å². The van der Waals surface area contributed by atoms with Crippen molar-refractivity contribution in [3.63, 3.8) is 0 Å². The van der Waals surface area contributed by atoms with Crippen molar-refractivity contribution in [2.75, 3.05) is 6.54 Å². The van der Waals surface area contributed by atoms with E-state index < -0.39 is 0 Å². The first kappa shape index (κ1) is 17.7. The monoisotopic (exact) mass is 381 g/mol. The molecule has 1 atom stereocenters. The van der Waals surface area contributed by atoms with Gasteiger partial charge in [-0.3, -0.25) is 9.78 Å². The molecule has 0 bridgehead atoms. The molecule has 1 fully saturated rings. The maximum atomic E-state index is 12.9. The van der Waals surface area contributed by atoms with Crippen molar-refractivity contribution in [1.29, 1.82) is 0 Å². The summed E-state index contributed by atoms with van der Waals surface area (Å²) in [7, 11) is 0. The van der Waals surface area contributed by atoms with Crippen LogP contribution in [-0.2, 0) is 6.42 Å². The van der Waals surface area contributed by atoms with E-state index in [1.807, 2.05) is 29.2 Å². The van der Waals surface area contributed by atoms with Gasteiger partial charge in [-0.2, -0.15) is 0 Å². The summed E-state index contributed by atoms with van der Waals surface area (Å²) >= 11 is 5.94. The standard InChI is InChI=1S/C21H20ClN3O2/c22-17-8-6-15(7-9-17)12-18-14-24-20(27-18)19-5-1-2-11-25(19)21(26)16-4-3-10-23-13-16/h3-4,6-10,13-14,19H,1-2,5,11-12H2/t19-/m0/s1. The zero-order chi connectivity index (χ0) is 18.6. The van der Waals surface area contributed by atoms with E-state index in [1.165, 1.54) is 0 Å². The Morgan fingerprint density at radius 2 is 2.04 bits per heavy atom. The highest BCUT2D eigenvalue weighted by atomic mass is 35.5. The summed E-state index contributed by atoms with van der Waals surface area (Å²) in [5.74, 6) is 1.37. The highest BCUT2D eigenvalue weighted by molar-refractivity contribution is 6.30. The molecule has 2 aromatic heterocycles. The number of nitrogens with zero attached hydrogens (tertiary/aromatic N) is 3. The van der Waals surface area contributed by atoms with E-state index in [9.17, 15) is 4.79 Å². The van der Waals surface area contributed by atoms with Gasteiger partial charge in [0, 0.05) is 30.4 Å². The van der Waals surface area contributed by atoms with Gasteiger partial charge >= 0.3 is 0 Å². The molecular formula is C21H20ClN3O2. The van der Waals surface area contributed by atoms with Crippen LogP contribution in [0, 0.1) is 0 Å². The maximum Gasteiger partial charge on any atom is 0.256 e. The number of pyridine rings is 1. The normalized spacial score (nSPS) is 17.1. The number of hydrogen-bond donors (Lipinski definition) is 0. The molecule has 4 rings (SSSR count). The van der Waals surface area contributed by atoms with Gasteiger partial charge in [0.15, 0.2) is 0 Å². The van der Waals surface area contributed by atoms with Gasteiger partial charge in [-0.1, -0.05) is 23.7 Å². The molecule has 1 aliphatic rings. The third-order valence-electron chi connectivity index (χ3n) is 4.82. The van der Waals surface area contributed by atoms with Crippen LogP contribution in [0.3, 0.4) is 0 Å². The second-order valence-corrected chi connectivity index (χ2v) is 7.16. The Labute approximate surface area is 163 Å². The molecule has 1 aromatic carbocycles. The SMILES string of the molecule is O=C(c1cccnc1)N1CCCC[C@H]1c1ncc(Cc2ccc(Cl)cc2)o1. The van der Waals surface area contributed by atoms with E-state index in [-0.39, 0.29) is 11.9 Å². The molecule has 1 saturated heterocycles. The first-order valence-corrected chi connectivity index (χ1v) is 9.48. The van der Waals surface area contributed by atoms with Crippen LogP contribution in [0.15, 0.2) is 59.4 Å². The van der Waals surface area contributed by atoms with E-state index >= 15 is 0 Å². The summed E-state index contributed by atoms with van der Waals surface area (Å²) in [6.07, 6.45) is 8.57. The van der Waals surface area contributed by atoms with Gasteiger partial charge in [-0.05, 0) is 49.1 Å². The Balaban J connectivity index is 1.53. The quantitative estimate of drug-likeness (QED) is 0.658. The average molecular weight is 382 g/mol. The van der Waals surface area contributed by atoms with Gasteiger partial charge in [-0.15, -0.1) is 0 Å². The van der Waals surface area contributed by atoms with Crippen molar-refractivity contribution in [1.82, 2.24) is 14.9 Å². The lowest BCUT2D eigenvalue weighted by molar-refractivity contribution is 0.0569. The van der Waals surface area contributed by atoms with Crippen LogP contribution in [0.1, 0.15) is 52.9 Å². The van der Waals surface area contributed by atoms with Crippen molar-refractivity contribution in [3.8, 4) is 0 Å². The molecule has 3 aromatic rings. The molecule has 0 unspecified atom stereocenters. The second-order valence-electron chi connectivity index (χ2n) is 6.72. The Kier molecular flexibility index (Phi) is 5.21. The minimum Gasteiger partial charge on any atom is -0.443 e. The highest BCUT2D eigenvalue weighted by Gasteiger charge is 2.32. The molecule has 1 aliphatic heterocycles. The molecule has 0 spiro atoms. The Bertz CT molecular complexity index is 909. The van der Waals surface area contributed by atoms with Gasteiger partial charge in [0.25, 0.3) is 5.91 Å². The number of amides is 1. The van der Waals surface area contributed by atoms with Crippen LogP contribution in [0.25, 0.3) is 0 Å². The van der Waals surface area contributed by atoms with E-state index in [0.717, 1.165) is 30.6 Å². The lowest BCUT2D eigenvalue weighted by Crippen LogP contribution is -2.38. The Hall–Kier alpha value is -2.66. The molecule has 3 heterocycles. The fraction of sp³-hybridized carbons (Fsp3) is 0.286. The van der Waals surface area contributed by atoms with Gasteiger partial charge in [0.2, 0.25) is 5.89 Å². The van der Waals surface area contributed by atoms with Gasteiger partial charge in [0.1, 0.15) is 11.8 Å². The topological polar surface area (TPSA) is 59.2 Å². The number of halogens is 1. The Morgan fingerprint density at radius 1 is 1.19 bits per heavy atom. The van der Waals surface area contributed by atoms with Crippen LogP contribution < -0.4 is 0 Å². The number of benzene rings is 1. The minimum absolute atomic E-state index is 0.0229. The number of oxazole rings is 1. The lowest BCUT2D eigenvalue weighted by Gasteiger charge is -2.33.